The summed E-state index contributed by atoms with van der Waals surface area (Å²) in [6.45, 7) is 0. The Labute approximate surface area is 214 Å². The SMILES string of the molecule is CNC(=O)[C@H](N[C@@H](CCc1ccc(C(F)(F)F)cc1)C1=COC=C(C2=CC=CCC2)O1)c1ccccc1. The van der Waals surface area contributed by atoms with Gasteiger partial charge in [-0.1, -0.05) is 60.7 Å². The van der Waals surface area contributed by atoms with Crippen molar-refractivity contribution in [3.05, 3.63) is 119 Å². The van der Waals surface area contributed by atoms with Gasteiger partial charge in [0.2, 0.25) is 5.91 Å². The van der Waals surface area contributed by atoms with Crippen LogP contribution < -0.4 is 10.6 Å². The maximum Gasteiger partial charge on any atom is 0.416 e. The Bertz CT molecular complexity index is 1200. The number of halogens is 3. The molecule has 194 valence electrons. The maximum absolute atomic E-state index is 13.0. The molecule has 2 aromatic carbocycles. The first-order chi connectivity index (χ1) is 17.8. The fourth-order valence-corrected chi connectivity index (χ4v) is 4.23. The maximum atomic E-state index is 13.0. The molecule has 0 saturated heterocycles. The molecule has 37 heavy (non-hydrogen) atoms. The zero-order chi connectivity index (χ0) is 26.3. The third kappa shape index (κ3) is 6.92. The van der Waals surface area contributed by atoms with Gasteiger partial charge in [0.1, 0.15) is 18.6 Å². The van der Waals surface area contributed by atoms with Crippen molar-refractivity contribution < 1.29 is 27.4 Å². The van der Waals surface area contributed by atoms with Gasteiger partial charge in [-0.05, 0) is 54.5 Å². The number of likely N-dealkylation sites (N-methyl/N-ethyl adjacent to an activating group) is 1. The molecule has 1 amide bonds. The van der Waals surface area contributed by atoms with Crippen LogP contribution in [0.15, 0.2) is 102 Å². The highest BCUT2D eigenvalue weighted by Crippen LogP contribution is 2.31. The van der Waals surface area contributed by atoms with Crippen molar-refractivity contribution in [2.45, 2.75) is 43.9 Å². The first kappa shape index (κ1) is 26.3. The van der Waals surface area contributed by atoms with Crippen molar-refractivity contribution >= 4 is 5.91 Å². The average molecular weight is 511 g/mol. The van der Waals surface area contributed by atoms with Crippen LogP contribution >= 0.6 is 0 Å². The Morgan fingerprint density at radius 2 is 1.81 bits per heavy atom. The van der Waals surface area contributed by atoms with Crippen LogP contribution in [0.1, 0.15) is 42.0 Å². The zero-order valence-electron chi connectivity index (χ0n) is 20.4. The molecule has 4 rings (SSSR count). The van der Waals surface area contributed by atoms with Gasteiger partial charge >= 0.3 is 6.18 Å². The van der Waals surface area contributed by atoms with Crippen LogP contribution in [-0.4, -0.2) is 19.0 Å². The zero-order valence-corrected chi connectivity index (χ0v) is 20.4. The van der Waals surface area contributed by atoms with Gasteiger partial charge in [0.15, 0.2) is 11.5 Å². The molecule has 5 nitrogen and oxygen atoms in total. The highest BCUT2D eigenvalue weighted by atomic mass is 19.4. The van der Waals surface area contributed by atoms with Gasteiger partial charge in [0.05, 0.1) is 11.6 Å². The minimum absolute atomic E-state index is 0.223. The fraction of sp³-hybridized carbons (Fsp3) is 0.276. The van der Waals surface area contributed by atoms with Gasteiger partial charge < -0.3 is 14.8 Å². The number of carbonyl (C=O) groups excluding carboxylic acids is 1. The lowest BCUT2D eigenvalue weighted by Gasteiger charge is -2.29. The lowest BCUT2D eigenvalue weighted by atomic mass is 9.99. The van der Waals surface area contributed by atoms with Crippen molar-refractivity contribution in [1.82, 2.24) is 10.6 Å². The van der Waals surface area contributed by atoms with Crippen LogP contribution in [-0.2, 0) is 26.9 Å². The van der Waals surface area contributed by atoms with E-state index in [0.29, 0.717) is 24.4 Å². The Morgan fingerprint density at radius 1 is 1.05 bits per heavy atom. The minimum atomic E-state index is -4.39. The Morgan fingerprint density at radius 3 is 2.46 bits per heavy atom. The second-order valence-corrected chi connectivity index (χ2v) is 8.81. The molecular weight excluding hydrogens is 481 g/mol. The molecule has 0 radical (unpaired) electrons. The van der Waals surface area contributed by atoms with Gasteiger partial charge in [-0.15, -0.1) is 0 Å². The minimum Gasteiger partial charge on any atom is -0.465 e. The number of carbonyl (C=O) groups is 1. The summed E-state index contributed by atoms with van der Waals surface area (Å²) in [6.07, 6.45) is 7.30. The quantitative estimate of drug-likeness (QED) is 0.429. The highest BCUT2D eigenvalue weighted by Gasteiger charge is 2.31. The van der Waals surface area contributed by atoms with E-state index in [1.54, 1.807) is 13.3 Å². The largest absolute Gasteiger partial charge is 0.465 e. The molecule has 1 aliphatic carbocycles. The molecule has 1 aliphatic heterocycles. The van der Waals surface area contributed by atoms with Crippen LogP contribution in [0.4, 0.5) is 13.2 Å². The molecule has 0 bridgehead atoms. The summed E-state index contributed by atoms with van der Waals surface area (Å²) >= 11 is 0. The van der Waals surface area contributed by atoms with Gasteiger partial charge in [-0.3, -0.25) is 10.1 Å². The van der Waals surface area contributed by atoms with Gasteiger partial charge in [0, 0.05) is 7.05 Å². The summed E-state index contributed by atoms with van der Waals surface area (Å²) in [4.78, 5) is 12.8. The lowest BCUT2D eigenvalue weighted by molar-refractivity contribution is -0.137. The number of aryl methyl sites for hydroxylation is 1. The molecular formula is C29H29F3N2O3. The summed E-state index contributed by atoms with van der Waals surface area (Å²) in [5.74, 6) is 0.864. The Kier molecular flexibility index (Phi) is 8.50. The number of benzene rings is 2. The van der Waals surface area contributed by atoms with Crippen LogP contribution in [0.5, 0.6) is 0 Å². The van der Waals surface area contributed by atoms with Gasteiger partial charge in [-0.25, -0.2) is 0 Å². The molecule has 0 fully saturated rings. The number of ether oxygens (including phenoxy) is 2. The van der Waals surface area contributed by atoms with Crippen molar-refractivity contribution in [2.24, 2.45) is 0 Å². The molecule has 0 saturated carbocycles. The van der Waals surface area contributed by atoms with Crippen LogP contribution in [0.3, 0.4) is 0 Å². The normalized spacial score (nSPS) is 16.9. The number of hydrogen-bond acceptors (Lipinski definition) is 4. The van der Waals surface area contributed by atoms with E-state index in [4.69, 9.17) is 9.47 Å². The standard InChI is InChI=1S/C29H29F3N2O3/c1-33-28(35)27(22-10-6-3-7-11-22)34-24(17-14-20-12-15-23(16-13-20)29(30,31)32)26-19-36-18-25(37-26)21-8-4-2-5-9-21/h2-4,6-8,10-13,15-16,18-19,24,27,34H,5,9,14,17H2,1H3,(H,33,35)/t24-,27+/m0/s1. The summed E-state index contributed by atoms with van der Waals surface area (Å²) in [5, 5.41) is 6.09. The van der Waals surface area contributed by atoms with E-state index in [9.17, 15) is 18.0 Å². The van der Waals surface area contributed by atoms with Crippen LogP contribution in [0.2, 0.25) is 0 Å². The molecule has 2 aliphatic rings. The topological polar surface area (TPSA) is 59.6 Å². The molecule has 8 heteroatoms. The molecule has 1 heterocycles. The molecule has 0 unspecified atom stereocenters. The number of rotatable bonds is 9. The second-order valence-electron chi connectivity index (χ2n) is 8.81. The summed E-state index contributed by atoms with van der Waals surface area (Å²) in [5.41, 5.74) is 1.82. The fourth-order valence-electron chi connectivity index (χ4n) is 4.23. The van der Waals surface area contributed by atoms with E-state index < -0.39 is 23.8 Å². The van der Waals surface area contributed by atoms with E-state index in [1.165, 1.54) is 18.4 Å². The lowest BCUT2D eigenvalue weighted by Crippen LogP contribution is -2.43. The van der Waals surface area contributed by atoms with E-state index in [1.807, 2.05) is 42.5 Å². The Balaban J connectivity index is 1.57. The Hall–Kier alpha value is -3.78. The third-order valence-electron chi connectivity index (χ3n) is 6.27. The van der Waals surface area contributed by atoms with Crippen molar-refractivity contribution in [3.63, 3.8) is 0 Å². The van der Waals surface area contributed by atoms with Gasteiger partial charge in [-0.2, -0.15) is 13.2 Å². The first-order valence-electron chi connectivity index (χ1n) is 12.1. The predicted molar refractivity (Wildman–Crippen MR) is 135 cm³/mol. The number of allylic oxidation sites excluding steroid dienone is 4. The van der Waals surface area contributed by atoms with E-state index in [2.05, 4.69) is 16.7 Å². The number of nitrogens with one attached hydrogen (secondary N) is 2. The smallest absolute Gasteiger partial charge is 0.416 e. The van der Waals surface area contributed by atoms with Crippen LogP contribution in [0, 0.1) is 0 Å². The molecule has 2 aromatic rings. The van der Waals surface area contributed by atoms with Crippen molar-refractivity contribution in [2.75, 3.05) is 7.05 Å². The third-order valence-corrected chi connectivity index (χ3v) is 6.27. The molecule has 0 spiro atoms. The summed E-state index contributed by atoms with van der Waals surface area (Å²) < 4.78 is 50.8. The van der Waals surface area contributed by atoms with E-state index in [-0.39, 0.29) is 5.91 Å². The molecule has 2 N–H and O–H groups in total. The molecule has 0 aromatic heterocycles. The van der Waals surface area contributed by atoms with E-state index in [0.717, 1.165) is 41.7 Å². The summed E-state index contributed by atoms with van der Waals surface area (Å²) in [7, 11) is 1.57. The predicted octanol–water partition coefficient (Wildman–Crippen LogP) is 6.09. The monoisotopic (exact) mass is 510 g/mol. The van der Waals surface area contributed by atoms with Crippen LogP contribution in [0.25, 0.3) is 0 Å². The average Bonchev–Trinajstić information content (AvgIpc) is 2.93. The second kappa shape index (κ2) is 12.0. The number of alkyl halides is 3. The first-order valence-corrected chi connectivity index (χ1v) is 12.1. The highest BCUT2D eigenvalue weighted by molar-refractivity contribution is 5.83. The van der Waals surface area contributed by atoms with Crippen molar-refractivity contribution in [3.8, 4) is 0 Å². The summed E-state index contributed by atoms with van der Waals surface area (Å²) in [6, 6.07) is 13.3. The van der Waals surface area contributed by atoms with Crippen molar-refractivity contribution in [1.29, 1.82) is 0 Å². The number of amides is 1. The number of hydrogen-bond donors (Lipinski definition) is 2. The van der Waals surface area contributed by atoms with E-state index >= 15 is 0 Å². The van der Waals surface area contributed by atoms with Gasteiger partial charge in [0.25, 0.3) is 0 Å². The molecule has 2 atom stereocenters.